The number of halogens is 2. The van der Waals surface area contributed by atoms with Crippen LogP contribution < -0.4 is 5.32 Å². The van der Waals surface area contributed by atoms with E-state index in [2.05, 4.69) is 5.32 Å². The summed E-state index contributed by atoms with van der Waals surface area (Å²) in [5.41, 5.74) is 1.40. The van der Waals surface area contributed by atoms with Crippen molar-refractivity contribution in [2.24, 2.45) is 0 Å². The minimum absolute atomic E-state index is 0.153. The van der Waals surface area contributed by atoms with E-state index >= 15 is 0 Å². The number of hydrogen-bond donors (Lipinski definition) is 1. The number of hydrogen-bond acceptors (Lipinski definition) is 3. The van der Waals surface area contributed by atoms with Crippen LogP contribution in [-0.4, -0.2) is 29.2 Å². The van der Waals surface area contributed by atoms with Gasteiger partial charge in [-0.25, -0.2) is 0 Å². The fourth-order valence-electron chi connectivity index (χ4n) is 2.98. The standard InChI is InChI=1S/C20H18Cl2N2O3/c21-13-9-10-16(22)17(12-13)23-18(25)8-2-1-5-11-24-19(26)14-6-3-4-7-15(14)20(24)27/h3-4,6-7,9-10,12H,1-2,5,8,11H2,(H,23,25). The van der Waals surface area contributed by atoms with Crippen molar-refractivity contribution in [3.8, 4) is 0 Å². The number of anilines is 1. The molecule has 0 aliphatic carbocycles. The molecule has 2 aromatic carbocycles. The van der Waals surface area contributed by atoms with Crippen LogP contribution in [0.2, 0.25) is 10.0 Å². The van der Waals surface area contributed by atoms with Crippen LogP contribution in [0.3, 0.4) is 0 Å². The number of carbonyl (C=O) groups is 3. The Balaban J connectivity index is 1.41. The van der Waals surface area contributed by atoms with Gasteiger partial charge in [0.25, 0.3) is 11.8 Å². The zero-order valence-electron chi connectivity index (χ0n) is 14.5. The lowest BCUT2D eigenvalue weighted by molar-refractivity contribution is -0.116. The highest BCUT2D eigenvalue weighted by atomic mass is 35.5. The van der Waals surface area contributed by atoms with Gasteiger partial charge >= 0.3 is 0 Å². The van der Waals surface area contributed by atoms with Gasteiger partial charge < -0.3 is 5.32 Å². The second-order valence-electron chi connectivity index (χ2n) is 6.29. The van der Waals surface area contributed by atoms with E-state index in [0.29, 0.717) is 52.7 Å². The molecule has 1 aliphatic heterocycles. The molecule has 27 heavy (non-hydrogen) atoms. The molecule has 3 rings (SSSR count). The van der Waals surface area contributed by atoms with Crippen molar-refractivity contribution >= 4 is 46.6 Å². The zero-order valence-corrected chi connectivity index (χ0v) is 16.0. The van der Waals surface area contributed by atoms with E-state index in [0.717, 1.165) is 6.42 Å². The summed E-state index contributed by atoms with van der Waals surface area (Å²) >= 11 is 11.9. The molecule has 0 atom stereocenters. The molecular weight excluding hydrogens is 387 g/mol. The monoisotopic (exact) mass is 404 g/mol. The van der Waals surface area contributed by atoms with Crippen molar-refractivity contribution in [3.05, 3.63) is 63.6 Å². The third-order valence-corrected chi connectivity index (χ3v) is 4.93. The normalized spacial score (nSPS) is 13.0. The fraction of sp³-hybridized carbons (Fsp3) is 0.250. The van der Waals surface area contributed by atoms with E-state index in [4.69, 9.17) is 23.2 Å². The number of fused-ring (bicyclic) bond motifs is 1. The lowest BCUT2D eigenvalue weighted by Gasteiger charge is -2.13. The van der Waals surface area contributed by atoms with Crippen LogP contribution >= 0.6 is 23.2 Å². The molecule has 0 radical (unpaired) electrons. The third kappa shape index (κ3) is 4.49. The Labute approximate surface area is 167 Å². The lowest BCUT2D eigenvalue weighted by Crippen LogP contribution is -2.30. The minimum Gasteiger partial charge on any atom is -0.325 e. The molecule has 5 nitrogen and oxygen atoms in total. The van der Waals surface area contributed by atoms with Gasteiger partial charge in [-0.15, -0.1) is 0 Å². The van der Waals surface area contributed by atoms with Crippen molar-refractivity contribution in [2.75, 3.05) is 11.9 Å². The van der Waals surface area contributed by atoms with Crippen LogP contribution in [0.1, 0.15) is 46.4 Å². The van der Waals surface area contributed by atoms with Gasteiger partial charge in [0, 0.05) is 18.0 Å². The Morgan fingerprint density at radius 2 is 1.59 bits per heavy atom. The van der Waals surface area contributed by atoms with Crippen LogP contribution in [0, 0.1) is 0 Å². The molecule has 1 heterocycles. The number of nitrogens with one attached hydrogen (secondary N) is 1. The summed E-state index contributed by atoms with van der Waals surface area (Å²) in [4.78, 5) is 37.8. The molecule has 1 N–H and O–H groups in total. The van der Waals surface area contributed by atoms with Gasteiger partial charge in [0.15, 0.2) is 0 Å². The number of nitrogens with zero attached hydrogens (tertiary/aromatic N) is 1. The van der Waals surface area contributed by atoms with E-state index in [-0.39, 0.29) is 17.7 Å². The van der Waals surface area contributed by atoms with Crippen molar-refractivity contribution < 1.29 is 14.4 Å². The van der Waals surface area contributed by atoms with Crippen LogP contribution in [0.15, 0.2) is 42.5 Å². The Hall–Kier alpha value is -2.37. The maximum Gasteiger partial charge on any atom is 0.261 e. The van der Waals surface area contributed by atoms with Crippen LogP contribution in [0.5, 0.6) is 0 Å². The number of rotatable bonds is 7. The molecule has 0 saturated heterocycles. The smallest absolute Gasteiger partial charge is 0.261 e. The summed E-state index contributed by atoms with van der Waals surface area (Å²) in [6.07, 6.45) is 2.35. The summed E-state index contributed by atoms with van der Waals surface area (Å²) in [7, 11) is 0. The largest absolute Gasteiger partial charge is 0.325 e. The molecule has 1 aliphatic rings. The number of unbranched alkanes of at least 4 members (excludes halogenated alkanes) is 2. The van der Waals surface area contributed by atoms with Crippen LogP contribution in [0.4, 0.5) is 5.69 Å². The summed E-state index contributed by atoms with van der Waals surface area (Å²) in [5, 5.41) is 3.66. The van der Waals surface area contributed by atoms with Gasteiger partial charge in [0.1, 0.15) is 0 Å². The molecule has 2 aromatic rings. The minimum atomic E-state index is -0.246. The maximum absolute atomic E-state index is 12.3. The molecule has 0 aromatic heterocycles. The molecular formula is C20H18Cl2N2O3. The van der Waals surface area contributed by atoms with E-state index in [9.17, 15) is 14.4 Å². The summed E-state index contributed by atoms with van der Waals surface area (Å²) in [6.45, 7) is 0.355. The Morgan fingerprint density at radius 3 is 2.26 bits per heavy atom. The highest BCUT2D eigenvalue weighted by Gasteiger charge is 2.34. The summed E-state index contributed by atoms with van der Waals surface area (Å²) in [5.74, 6) is -0.646. The first-order valence-electron chi connectivity index (χ1n) is 8.67. The van der Waals surface area contributed by atoms with Gasteiger partial charge in [0.05, 0.1) is 21.8 Å². The molecule has 0 unspecified atom stereocenters. The Bertz CT molecular complexity index is 864. The van der Waals surface area contributed by atoms with Crippen molar-refractivity contribution in [3.63, 3.8) is 0 Å². The fourth-order valence-corrected chi connectivity index (χ4v) is 3.32. The highest BCUT2D eigenvalue weighted by molar-refractivity contribution is 6.35. The SMILES string of the molecule is O=C(CCCCCN1C(=O)c2ccccc2C1=O)Nc1cc(Cl)ccc1Cl. The van der Waals surface area contributed by atoms with Gasteiger partial charge in [-0.05, 0) is 43.2 Å². The Kier molecular flexibility index (Phi) is 6.14. The van der Waals surface area contributed by atoms with Crippen LogP contribution in [-0.2, 0) is 4.79 Å². The number of benzene rings is 2. The quantitative estimate of drug-likeness (QED) is 0.532. The molecule has 0 bridgehead atoms. The van der Waals surface area contributed by atoms with Gasteiger partial charge in [-0.3, -0.25) is 19.3 Å². The first-order chi connectivity index (χ1) is 13.0. The highest BCUT2D eigenvalue weighted by Crippen LogP contribution is 2.26. The average Bonchev–Trinajstić information content (AvgIpc) is 2.89. The lowest BCUT2D eigenvalue weighted by atomic mass is 10.1. The Morgan fingerprint density at radius 1 is 0.926 bits per heavy atom. The second kappa shape index (κ2) is 8.55. The van der Waals surface area contributed by atoms with Crippen molar-refractivity contribution in [2.45, 2.75) is 25.7 Å². The predicted molar refractivity (Wildman–Crippen MR) is 105 cm³/mol. The number of imide groups is 1. The topological polar surface area (TPSA) is 66.5 Å². The van der Waals surface area contributed by atoms with Gasteiger partial charge in [-0.2, -0.15) is 0 Å². The van der Waals surface area contributed by atoms with Gasteiger partial charge in [0.2, 0.25) is 5.91 Å². The summed E-state index contributed by atoms with van der Waals surface area (Å²) in [6, 6.07) is 11.7. The van der Waals surface area contributed by atoms with Crippen molar-refractivity contribution in [1.82, 2.24) is 4.90 Å². The molecule has 140 valence electrons. The number of amides is 3. The molecule has 0 saturated carbocycles. The molecule has 7 heteroatoms. The average molecular weight is 405 g/mol. The maximum atomic E-state index is 12.3. The second-order valence-corrected chi connectivity index (χ2v) is 7.13. The van der Waals surface area contributed by atoms with Gasteiger partial charge in [-0.1, -0.05) is 41.8 Å². The third-order valence-electron chi connectivity index (χ3n) is 4.37. The van der Waals surface area contributed by atoms with E-state index in [1.807, 2.05) is 0 Å². The first kappa shape index (κ1) is 19.4. The van der Waals surface area contributed by atoms with Crippen LogP contribution in [0.25, 0.3) is 0 Å². The first-order valence-corrected chi connectivity index (χ1v) is 9.43. The molecule has 3 amide bonds. The summed E-state index contributed by atoms with van der Waals surface area (Å²) < 4.78 is 0. The van der Waals surface area contributed by atoms with E-state index < -0.39 is 0 Å². The van der Waals surface area contributed by atoms with E-state index in [1.54, 1.807) is 42.5 Å². The predicted octanol–water partition coefficient (Wildman–Crippen LogP) is 4.79. The zero-order chi connectivity index (χ0) is 19.4. The molecule has 0 spiro atoms. The van der Waals surface area contributed by atoms with Crippen molar-refractivity contribution in [1.29, 1.82) is 0 Å². The number of carbonyl (C=O) groups excluding carboxylic acids is 3. The molecule has 0 fully saturated rings. The van der Waals surface area contributed by atoms with E-state index in [1.165, 1.54) is 4.90 Å².